The Labute approximate surface area is 144 Å². The fourth-order valence-electron chi connectivity index (χ4n) is 2.67. The summed E-state index contributed by atoms with van der Waals surface area (Å²) in [6.07, 6.45) is 0. The Morgan fingerprint density at radius 3 is 2.50 bits per heavy atom. The number of ether oxygens (including phenoxy) is 2. The number of methoxy groups -OCH3 is 2. The molecule has 3 rings (SSSR count). The maximum Gasteiger partial charge on any atom is 0.179 e. The number of benzene rings is 2. The lowest BCUT2D eigenvalue weighted by molar-refractivity contribution is 0.314. The number of rotatable bonds is 6. The Kier molecular flexibility index (Phi) is 4.87. The van der Waals surface area contributed by atoms with E-state index in [1.165, 1.54) is 0 Å². The number of fused-ring (bicyclic) bond motifs is 1. The molecule has 0 aliphatic heterocycles. The summed E-state index contributed by atoms with van der Waals surface area (Å²) < 4.78 is 15.3. The fourth-order valence-corrected chi connectivity index (χ4v) is 2.98. The van der Waals surface area contributed by atoms with Crippen molar-refractivity contribution in [2.24, 2.45) is 0 Å². The van der Waals surface area contributed by atoms with E-state index in [0.717, 1.165) is 35.2 Å². The van der Waals surface area contributed by atoms with Gasteiger partial charge in [-0.3, -0.25) is 4.90 Å². The van der Waals surface area contributed by atoms with Gasteiger partial charge in [0.1, 0.15) is 11.0 Å². The Morgan fingerprint density at radius 1 is 1.00 bits per heavy atom. The second kappa shape index (κ2) is 7.07. The molecule has 0 amide bonds. The van der Waals surface area contributed by atoms with Crippen LogP contribution in [0.3, 0.4) is 0 Å². The third-order valence-electron chi connectivity index (χ3n) is 3.72. The summed E-state index contributed by atoms with van der Waals surface area (Å²) in [5.41, 5.74) is 3.69. The Bertz CT molecular complexity index is 850. The quantitative estimate of drug-likeness (QED) is 0.680. The van der Waals surface area contributed by atoms with Crippen LogP contribution in [0.25, 0.3) is 11.0 Å². The van der Waals surface area contributed by atoms with Crippen LogP contribution in [0, 0.1) is 0 Å². The largest absolute Gasteiger partial charge is 0.493 e. The monoisotopic (exact) mass is 347 g/mol. The van der Waals surface area contributed by atoms with Crippen molar-refractivity contribution in [3.8, 4) is 11.5 Å². The zero-order chi connectivity index (χ0) is 17.1. The summed E-state index contributed by atoms with van der Waals surface area (Å²) in [4.78, 5) is 2.17. The van der Waals surface area contributed by atoms with Gasteiger partial charge in [0.25, 0.3) is 0 Å². The van der Waals surface area contributed by atoms with Gasteiger partial charge in [-0.25, -0.2) is 4.63 Å². The van der Waals surface area contributed by atoms with Crippen molar-refractivity contribution in [1.82, 2.24) is 15.2 Å². The highest BCUT2D eigenvalue weighted by Crippen LogP contribution is 2.36. The average Bonchev–Trinajstić information content (AvgIpc) is 3.01. The predicted octanol–water partition coefficient (Wildman–Crippen LogP) is 3.53. The van der Waals surface area contributed by atoms with E-state index in [0.29, 0.717) is 16.5 Å². The summed E-state index contributed by atoms with van der Waals surface area (Å²) in [6, 6.07) is 9.73. The van der Waals surface area contributed by atoms with Crippen LogP contribution in [-0.2, 0) is 13.1 Å². The fraction of sp³-hybridized carbons (Fsp3) is 0.294. The Morgan fingerprint density at radius 2 is 1.75 bits per heavy atom. The molecule has 0 aliphatic carbocycles. The first-order valence-corrected chi connectivity index (χ1v) is 7.78. The molecule has 0 radical (unpaired) electrons. The van der Waals surface area contributed by atoms with Crippen LogP contribution in [0.15, 0.2) is 35.0 Å². The molecule has 3 aromatic rings. The highest BCUT2D eigenvalue weighted by atomic mass is 35.5. The van der Waals surface area contributed by atoms with Crippen LogP contribution in [0.4, 0.5) is 0 Å². The number of hydrogen-bond acceptors (Lipinski definition) is 6. The standard InChI is InChI=1S/C17H18ClN3O3/c1-21(9-11-4-5-14-15(7-11)20-24-19-14)10-12-6-13(18)17(23-3)16(8-12)22-2/h4-8H,9-10H2,1-3H3. The molecule has 6 nitrogen and oxygen atoms in total. The molecule has 7 heteroatoms. The minimum absolute atomic E-state index is 0.537. The normalized spacial score (nSPS) is 11.2. The molecule has 0 fully saturated rings. The molecular formula is C17H18ClN3O3. The zero-order valence-corrected chi connectivity index (χ0v) is 14.5. The molecule has 1 aromatic heterocycles. The predicted molar refractivity (Wildman–Crippen MR) is 91.5 cm³/mol. The van der Waals surface area contributed by atoms with E-state index in [-0.39, 0.29) is 0 Å². The van der Waals surface area contributed by atoms with Gasteiger partial charge in [-0.05, 0) is 52.8 Å². The molecule has 126 valence electrons. The first-order valence-electron chi connectivity index (χ1n) is 7.41. The minimum atomic E-state index is 0.537. The summed E-state index contributed by atoms with van der Waals surface area (Å²) in [7, 11) is 5.21. The molecule has 0 saturated heterocycles. The summed E-state index contributed by atoms with van der Waals surface area (Å²) in [5.74, 6) is 1.18. The van der Waals surface area contributed by atoms with Gasteiger partial charge in [-0.1, -0.05) is 17.7 Å². The van der Waals surface area contributed by atoms with E-state index < -0.39 is 0 Å². The van der Waals surface area contributed by atoms with E-state index in [9.17, 15) is 0 Å². The molecule has 1 heterocycles. The van der Waals surface area contributed by atoms with Gasteiger partial charge >= 0.3 is 0 Å². The average molecular weight is 348 g/mol. The summed E-state index contributed by atoms with van der Waals surface area (Å²) in [6.45, 7) is 1.48. The Balaban J connectivity index is 1.74. The van der Waals surface area contributed by atoms with Crippen molar-refractivity contribution < 1.29 is 14.1 Å². The molecule has 0 aliphatic rings. The lowest BCUT2D eigenvalue weighted by atomic mass is 10.1. The van der Waals surface area contributed by atoms with Gasteiger partial charge in [0.2, 0.25) is 0 Å². The third kappa shape index (κ3) is 3.44. The van der Waals surface area contributed by atoms with Crippen molar-refractivity contribution in [2.45, 2.75) is 13.1 Å². The molecule has 24 heavy (non-hydrogen) atoms. The van der Waals surface area contributed by atoms with E-state index in [1.807, 2.05) is 37.4 Å². The van der Waals surface area contributed by atoms with Gasteiger partial charge < -0.3 is 9.47 Å². The second-order valence-electron chi connectivity index (χ2n) is 5.57. The molecule has 0 spiro atoms. The number of nitrogens with zero attached hydrogens (tertiary/aromatic N) is 3. The first kappa shape index (κ1) is 16.5. The van der Waals surface area contributed by atoms with Crippen LogP contribution in [-0.4, -0.2) is 36.5 Å². The van der Waals surface area contributed by atoms with E-state index in [2.05, 4.69) is 15.2 Å². The minimum Gasteiger partial charge on any atom is -0.493 e. The van der Waals surface area contributed by atoms with Gasteiger partial charge in [-0.15, -0.1) is 0 Å². The van der Waals surface area contributed by atoms with Crippen molar-refractivity contribution in [2.75, 3.05) is 21.3 Å². The smallest absolute Gasteiger partial charge is 0.179 e. The highest BCUT2D eigenvalue weighted by molar-refractivity contribution is 6.32. The molecule has 2 aromatic carbocycles. The number of hydrogen-bond donors (Lipinski definition) is 0. The van der Waals surface area contributed by atoms with Gasteiger partial charge in [-0.2, -0.15) is 0 Å². The van der Waals surface area contributed by atoms with Crippen molar-refractivity contribution in [3.05, 3.63) is 46.5 Å². The molecule has 0 saturated carbocycles. The van der Waals surface area contributed by atoms with Crippen molar-refractivity contribution >= 4 is 22.6 Å². The summed E-state index contributed by atoms with van der Waals surface area (Å²) in [5, 5.41) is 8.22. The molecule has 0 bridgehead atoms. The van der Waals surface area contributed by atoms with Crippen molar-refractivity contribution in [1.29, 1.82) is 0 Å². The Hall–Kier alpha value is -2.31. The molecule has 0 N–H and O–H groups in total. The van der Waals surface area contributed by atoms with Crippen LogP contribution in [0.1, 0.15) is 11.1 Å². The van der Waals surface area contributed by atoms with Gasteiger partial charge in [0.15, 0.2) is 11.5 Å². The van der Waals surface area contributed by atoms with Crippen LogP contribution >= 0.6 is 11.6 Å². The third-order valence-corrected chi connectivity index (χ3v) is 4.00. The highest BCUT2D eigenvalue weighted by Gasteiger charge is 2.12. The molecule has 0 unspecified atom stereocenters. The maximum atomic E-state index is 6.26. The lowest BCUT2D eigenvalue weighted by Gasteiger charge is -2.18. The van der Waals surface area contributed by atoms with Gasteiger partial charge in [0.05, 0.1) is 19.2 Å². The van der Waals surface area contributed by atoms with E-state index in [4.69, 9.17) is 25.7 Å². The SMILES string of the molecule is COc1cc(CN(C)Cc2ccc3nonc3c2)cc(Cl)c1OC. The van der Waals surface area contributed by atoms with Crippen LogP contribution < -0.4 is 9.47 Å². The van der Waals surface area contributed by atoms with Crippen LogP contribution in [0.2, 0.25) is 5.02 Å². The lowest BCUT2D eigenvalue weighted by Crippen LogP contribution is -2.17. The molecular weight excluding hydrogens is 330 g/mol. The topological polar surface area (TPSA) is 60.6 Å². The zero-order valence-electron chi connectivity index (χ0n) is 13.7. The van der Waals surface area contributed by atoms with E-state index in [1.54, 1.807) is 14.2 Å². The maximum absolute atomic E-state index is 6.26. The van der Waals surface area contributed by atoms with Gasteiger partial charge in [0, 0.05) is 13.1 Å². The van der Waals surface area contributed by atoms with E-state index >= 15 is 0 Å². The first-order chi connectivity index (χ1) is 11.6. The molecule has 0 atom stereocenters. The van der Waals surface area contributed by atoms with Crippen molar-refractivity contribution in [3.63, 3.8) is 0 Å². The second-order valence-corrected chi connectivity index (χ2v) is 5.98. The number of halogens is 1. The van der Waals surface area contributed by atoms with Crippen LogP contribution in [0.5, 0.6) is 11.5 Å². The number of aromatic nitrogens is 2. The summed E-state index contributed by atoms with van der Waals surface area (Å²) >= 11 is 6.26.